The third-order valence-corrected chi connectivity index (χ3v) is 5.74. The first-order valence-corrected chi connectivity index (χ1v) is 11.6. The van der Waals surface area contributed by atoms with Crippen LogP contribution in [-0.4, -0.2) is 32.1 Å². The number of pyridine rings is 1. The number of rotatable bonds is 9. The second-order valence-corrected chi connectivity index (χ2v) is 9.03. The molecule has 162 valence electrons. The van der Waals surface area contributed by atoms with Crippen LogP contribution in [-0.2, 0) is 28.0 Å². The van der Waals surface area contributed by atoms with E-state index in [2.05, 4.69) is 10.3 Å². The third kappa shape index (κ3) is 6.55. The number of benzene rings is 2. The van der Waals surface area contributed by atoms with Gasteiger partial charge >= 0.3 is 0 Å². The summed E-state index contributed by atoms with van der Waals surface area (Å²) >= 11 is 0. The Bertz CT molecular complexity index is 1120. The van der Waals surface area contributed by atoms with Gasteiger partial charge < -0.3 is 10.1 Å². The van der Waals surface area contributed by atoms with Crippen molar-refractivity contribution in [3.63, 3.8) is 0 Å². The Hall–Kier alpha value is -3.39. The van der Waals surface area contributed by atoms with Crippen LogP contribution in [0.5, 0.6) is 5.75 Å². The second-order valence-electron chi connectivity index (χ2n) is 7.13. The summed E-state index contributed by atoms with van der Waals surface area (Å²) in [6.45, 7) is 2.23. The monoisotopic (exact) mass is 439 g/mol. The lowest BCUT2D eigenvalue weighted by Crippen LogP contribution is -2.40. The Morgan fingerprint density at radius 3 is 2.42 bits per heavy atom. The fourth-order valence-electron chi connectivity index (χ4n) is 2.97. The van der Waals surface area contributed by atoms with Gasteiger partial charge in [-0.1, -0.05) is 36.4 Å². The lowest BCUT2D eigenvalue weighted by molar-refractivity contribution is -0.119. The fraction of sp³-hybridized carbons (Fsp3) is 0.217. The van der Waals surface area contributed by atoms with Gasteiger partial charge in [0.25, 0.3) is 0 Å². The Morgan fingerprint density at radius 2 is 1.77 bits per heavy atom. The molecule has 2 aromatic carbocycles. The number of hydrogen-bond donors (Lipinski definition) is 1. The van der Waals surface area contributed by atoms with Crippen molar-refractivity contribution in [2.45, 2.75) is 20.1 Å². The van der Waals surface area contributed by atoms with E-state index in [0.717, 1.165) is 27.3 Å². The quantitative estimate of drug-likeness (QED) is 0.554. The van der Waals surface area contributed by atoms with Crippen molar-refractivity contribution in [1.82, 2.24) is 10.3 Å². The number of para-hydroxylation sites is 1. The molecule has 1 amide bonds. The summed E-state index contributed by atoms with van der Waals surface area (Å²) in [6, 6.07) is 18.2. The highest BCUT2D eigenvalue weighted by atomic mass is 32.2. The number of sulfonamides is 1. The summed E-state index contributed by atoms with van der Waals surface area (Å²) in [7, 11) is -3.60. The highest BCUT2D eigenvalue weighted by molar-refractivity contribution is 7.92. The molecule has 0 saturated carbocycles. The topological polar surface area (TPSA) is 88.6 Å². The van der Waals surface area contributed by atoms with Crippen LogP contribution in [0.1, 0.15) is 16.7 Å². The molecule has 0 spiro atoms. The van der Waals surface area contributed by atoms with Crippen molar-refractivity contribution in [3.8, 4) is 5.75 Å². The van der Waals surface area contributed by atoms with Crippen LogP contribution in [0.4, 0.5) is 5.69 Å². The third-order valence-electron chi connectivity index (χ3n) is 4.61. The van der Waals surface area contributed by atoms with E-state index in [4.69, 9.17) is 4.74 Å². The van der Waals surface area contributed by atoms with Gasteiger partial charge in [-0.15, -0.1) is 0 Å². The van der Waals surface area contributed by atoms with E-state index in [-0.39, 0.29) is 19.0 Å². The van der Waals surface area contributed by atoms with Crippen LogP contribution in [0, 0.1) is 6.92 Å². The first kappa shape index (κ1) is 22.3. The van der Waals surface area contributed by atoms with Crippen molar-refractivity contribution in [3.05, 3.63) is 89.7 Å². The molecule has 8 heteroatoms. The Labute approximate surface area is 182 Å². The van der Waals surface area contributed by atoms with E-state index in [9.17, 15) is 13.2 Å². The number of carbonyl (C=O) groups is 1. The molecule has 0 atom stereocenters. The largest absolute Gasteiger partial charge is 0.489 e. The molecule has 31 heavy (non-hydrogen) atoms. The number of aryl methyl sites for hydroxylation is 1. The molecule has 0 aliphatic heterocycles. The van der Waals surface area contributed by atoms with Crippen molar-refractivity contribution in [1.29, 1.82) is 0 Å². The lowest BCUT2D eigenvalue weighted by atomic mass is 10.2. The predicted molar refractivity (Wildman–Crippen MR) is 120 cm³/mol. The van der Waals surface area contributed by atoms with E-state index in [1.165, 1.54) is 0 Å². The number of amides is 1. The van der Waals surface area contributed by atoms with Gasteiger partial charge in [0.05, 0.1) is 11.9 Å². The highest BCUT2D eigenvalue weighted by Crippen LogP contribution is 2.21. The van der Waals surface area contributed by atoms with Gasteiger partial charge in [0, 0.05) is 24.5 Å². The maximum atomic E-state index is 12.4. The molecule has 3 rings (SSSR count). The van der Waals surface area contributed by atoms with Crippen LogP contribution < -0.4 is 14.4 Å². The summed E-state index contributed by atoms with van der Waals surface area (Å²) < 4.78 is 31.3. The predicted octanol–water partition coefficient (Wildman–Crippen LogP) is 3.05. The minimum atomic E-state index is -3.60. The summed E-state index contributed by atoms with van der Waals surface area (Å²) in [5, 5.41) is 2.77. The number of nitrogens with one attached hydrogen (secondary N) is 1. The zero-order valence-corrected chi connectivity index (χ0v) is 18.3. The summed E-state index contributed by atoms with van der Waals surface area (Å²) in [5.41, 5.74) is 3.13. The van der Waals surface area contributed by atoms with Gasteiger partial charge in [0.1, 0.15) is 18.9 Å². The summed E-state index contributed by atoms with van der Waals surface area (Å²) in [4.78, 5) is 16.5. The first-order chi connectivity index (χ1) is 14.8. The highest BCUT2D eigenvalue weighted by Gasteiger charge is 2.21. The summed E-state index contributed by atoms with van der Waals surface area (Å²) in [5.74, 6) is 0.326. The number of anilines is 1. The zero-order valence-electron chi connectivity index (χ0n) is 17.5. The van der Waals surface area contributed by atoms with E-state index in [1.54, 1.807) is 24.5 Å². The van der Waals surface area contributed by atoms with Gasteiger partial charge in [-0.3, -0.25) is 14.1 Å². The number of ether oxygens (including phenoxy) is 1. The number of aromatic nitrogens is 1. The van der Waals surface area contributed by atoms with E-state index in [0.29, 0.717) is 18.0 Å². The van der Waals surface area contributed by atoms with Gasteiger partial charge in [-0.05, 0) is 42.3 Å². The summed E-state index contributed by atoms with van der Waals surface area (Å²) in [6.07, 6.45) is 4.56. The lowest BCUT2D eigenvalue weighted by Gasteiger charge is -2.23. The molecule has 1 aromatic heterocycles. The molecule has 0 fully saturated rings. The van der Waals surface area contributed by atoms with Gasteiger partial charge in [-0.25, -0.2) is 8.42 Å². The van der Waals surface area contributed by atoms with Crippen LogP contribution in [0.15, 0.2) is 73.1 Å². The van der Waals surface area contributed by atoms with Gasteiger partial charge in [0.2, 0.25) is 15.9 Å². The van der Waals surface area contributed by atoms with Crippen LogP contribution in [0.2, 0.25) is 0 Å². The molecule has 0 saturated heterocycles. The molecule has 0 radical (unpaired) electrons. The van der Waals surface area contributed by atoms with E-state index < -0.39 is 10.0 Å². The zero-order chi connectivity index (χ0) is 22.3. The molecule has 7 nitrogen and oxygen atoms in total. The van der Waals surface area contributed by atoms with Gasteiger partial charge in [-0.2, -0.15) is 0 Å². The fourth-order valence-corrected chi connectivity index (χ4v) is 3.88. The van der Waals surface area contributed by atoms with Crippen LogP contribution >= 0.6 is 0 Å². The number of hydrogen-bond acceptors (Lipinski definition) is 5. The van der Waals surface area contributed by atoms with Gasteiger partial charge in [0.15, 0.2) is 0 Å². The minimum absolute atomic E-state index is 0.282. The van der Waals surface area contributed by atoms with Crippen molar-refractivity contribution in [2.75, 3.05) is 17.1 Å². The molecule has 0 bridgehead atoms. The van der Waals surface area contributed by atoms with E-state index >= 15 is 0 Å². The molecule has 0 aliphatic rings. The van der Waals surface area contributed by atoms with Crippen molar-refractivity contribution < 1.29 is 17.9 Å². The Kier molecular flexibility index (Phi) is 7.25. The molecular weight excluding hydrogens is 414 g/mol. The number of nitrogens with zero attached hydrogens (tertiary/aromatic N) is 2. The Morgan fingerprint density at radius 1 is 1.03 bits per heavy atom. The molecular formula is C23H25N3O4S. The Balaban J connectivity index is 1.55. The first-order valence-electron chi connectivity index (χ1n) is 9.73. The molecule has 1 heterocycles. The van der Waals surface area contributed by atoms with E-state index in [1.807, 2.05) is 55.5 Å². The smallest absolute Gasteiger partial charge is 0.241 e. The molecule has 1 N–H and O–H groups in total. The minimum Gasteiger partial charge on any atom is -0.489 e. The van der Waals surface area contributed by atoms with Crippen molar-refractivity contribution >= 4 is 21.6 Å². The van der Waals surface area contributed by atoms with Crippen LogP contribution in [0.25, 0.3) is 0 Å². The second kappa shape index (κ2) is 10.1. The normalized spacial score (nSPS) is 11.0. The SMILES string of the molecule is Cc1ccccc1N(CC(=O)NCc1ccc(OCc2cccnc2)cc1)S(C)(=O)=O. The molecule has 0 unspecified atom stereocenters. The maximum Gasteiger partial charge on any atom is 0.241 e. The van der Waals surface area contributed by atoms with Crippen LogP contribution in [0.3, 0.4) is 0 Å². The standard InChI is InChI=1S/C23H25N3O4S/c1-18-6-3-4-8-22(18)26(31(2,28)29)16-23(27)25-15-19-9-11-21(12-10-19)30-17-20-7-5-13-24-14-20/h3-14H,15-17H2,1-2H3,(H,25,27). The average Bonchev–Trinajstić information content (AvgIpc) is 2.76. The average molecular weight is 440 g/mol. The molecule has 0 aliphatic carbocycles. The maximum absolute atomic E-state index is 12.4. The molecule has 3 aromatic rings. The van der Waals surface area contributed by atoms with Crippen molar-refractivity contribution in [2.24, 2.45) is 0 Å². The number of carbonyl (C=O) groups excluding carboxylic acids is 1.